The number of nitrogens with one attached hydrogen (secondary N) is 1. The number of nitrogens with zero attached hydrogens (tertiary/aromatic N) is 1. The van der Waals surface area contributed by atoms with Crippen molar-refractivity contribution in [2.75, 3.05) is 19.6 Å². The van der Waals surface area contributed by atoms with Gasteiger partial charge >= 0.3 is 0 Å². The average Bonchev–Trinajstić information content (AvgIpc) is 3.44. The van der Waals surface area contributed by atoms with Gasteiger partial charge in [-0.15, -0.1) is 0 Å². The van der Waals surface area contributed by atoms with Crippen molar-refractivity contribution in [2.45, 2.75) is 56.9 Å². The van der Waals surface area contributed by atoms with Gasteiger partial charge < -0.3 is 10.2 Å². The maximum absolute atomic E-state index is 13.0. The molecule has 1 saturated carbocycles. The first kappa shape index (κ1) is 15.2. The van der Waals surface area contributed by atoms with Crippen LogP contribution in [0.1, 0.15) is 55.6 Å². The molecule has 1 aliphatic heterocycles. The van der Waals surface area contributed by atoms with Crippen LogP contribution >= 0.6 is 0 Å². The molecule has 3 nitrogen and oxygen atoms in total. The molecule has 1 atom stereocenters. The number of fused-ring (bicyclic) bond motifs is 1. The molecule has 1 heterocycles. The summed E-state index contributed by atoms with van der Waals surface area (Å²) in [4.78, 5) is 15.1. The van der Waals surface area contributed by atoms with Crippen molar-refractivity contribution < 1.29 is 4.79 Å². The number of benzene rings is 1. The van der Waals surface area contributed by atoms with Crippen LogP contribution in [0.5, 0.6) is 0 Å². The van der Waals surface area contributed by atoms with Crippen molar-refractivity contribution in [3.05, 3.63) is 35.4 Å². The summed E-state index contributed by atoms with van der Waals surface area (Å²) in [6.07, 6.45) is 8.35. The Balaban J connectivity index is 1.35. The lowest BCUT2D eigenvalue weighted by atomic mass is 9.82. The maximum atomic E-state index is 13.0. The number of hydrogen-bond donors (Lipinski definition) is 1. The molecule has 3 aliphatic rings. The van der Waals surface area contributed by atoms with Gasteiger partial charge in [0.15, 0.2) is 0 Å². The van der Waals surface area contributed by atoms with E-state index in [1.54, 1.807) is 0 Å². The molecule has 0 spiro atoms. The molecule has 2 fully saturated rings. The Hall–Kier alpha value is -1.35. The molecular formula is C20H28N2O. The van der Waals surface area contributed by atoms with Gasteiger partial charge in [0, 0.05) is 19.1 Å². The largest absolute Gasteiger partial charge is 0.342 e. The minimum Gasteiger partial charge on any atom is -0.342 e. The minimum atomic E-state index is 0.107. The molecule has 124 valence electrons. The molecule has 1 aromatic carbocycles. The molecule has 4 rings (SSSR count). The number of piperidine rings is 1. The second-order valence-corrected chi connectivity index (χ2v) is 7.59. The van der Waals surface area contributed by atoms with Crippen LogP contribution in [-0.4, -0.2) is 36.5 Å². The normalized spacial score (nSPS) is 25.2. The molecule has 0 aromatic heterocycles. The Morgan fingerprint density at radius 1 is 1.09 bits per heavy atom. The Morgan fingerprint density at radius 2 is 1.87 bits per heavy atom. The van der Waals surface area contributed by atoms with Gasteiger partial charge in [0.1, 0.15) is 0 Å². The lowest BCUT2D eigenvalue weighted by Crippen LogP contribution is -2.47. The predicted molar refractivity (Wildman–Crippen MR) is 92.4 cm³/mol. The van der Waals surface area contributed by atoms with Crippen molar-refractivity contribution in [3.8, 4) is 0 Å². The summed E-state index contributed by atoms with van der Waals surface area (Å²) in [5.74, 6) is 1.42. The van der Waals surface area contributed by atoms with Gasteiger partial charge in [-0.3, -0.25) is 4.79 Å². The summed E-state index contributed by atoms with van der Waals surface area (Å²) in [5.41, 5.74) is 2.68. The maximum Gasteiger partial charge on any atom is 0.230 e. The highest BCUT2D eigenvalue weighted by Crippen LogP contribution is 2.33. The highest BCUT2D eigenvalue weighted by molar-refractivity contribution is 5.84. The van der Waals surface area contributed by atoms with Gasteiger partial charge in [0.25, 0.3) is 0 Å². The first-order valence-corrected chi connectivity index (χ1v) is 9.41. The van der Waals surface area contributed by atoms with E-state index in [1.807, 2.05) is 0 Å². The fourth-order valence-electron chi connectivity index (χ4n) is 4.19. The van der Waals surface area contributed by atoms with E-state index in [4.69, 9.17) is 0 Å². The summed E-state index contributed by atoms with van der Waals surface area (Å²) < 4.78 is 0. The van der Waals surface area contributed by atoms with Crippen LogP contribution < -0.4 is 5.32 Å². The zero-order valence-electron chi connectivity index (χ0n) is 14.0. The lowest BCUT2D eigenvalue weighted by molar-refractivity contribution is -0.134. The Labute approximate surface area is 139 Å². The van der Waals surface area contributed by atoms with E-state index in [0.717, 1.165) is 51.1 Å². The van der Waals surface area contributed by atoms with E-state index >= 15 is 0 Å². The van der Waals surface area contributed by atoms with Crippen molar-refractivity contribution in [2.24, 2.45) is 5.92 Å². The van der Waals surface area contributed by atoms with Gasteiger partial charge in [-0.1, -0.05) is 24.3 Å². The quantitative estimate of drug-likeness (QED) is 0.926. The van der Waals surface area contributed by atoms with E-state index in [0.29, 0.717) is 11.9 Å². The molecule has 0 radical (unpaired) electrons. The van der Waals surface area contributed by atoms with Crippen molar-refractivity contribution in [1.82, 2.24) is 10.2 Å². The predicted octanol–water partition coefficient (Wildman–Crippen LogP) is 3.10. The van der Waals surface area contributed by atoms with E-state index < -0.39 is 0 Å². The Bertz CT molecular complexity index is 559. The molecule has 2 aliphatic carbocycles. The van der Waals surface area contributed by atoms with Gasteiger partial charge in [-0.05, 0) is 68.5 Å². The Kier molecular flexibility index (Phi) is 4.39. The van der Waals surface area contributed by atoms with Gasteiger partial charge in [0.05, 0.1) is 5.92 Å². The number of rotatable bonds is 4. The summed E-state index contributed by atoms with van der Waals surface area (Å²) in [7, 11) is 0. The molecule has 0 bridgehead atoms. The van der Waals surface area contributed by atoms with E-state index in [2.05, 4.69) is 34.5 Å². The van der Waals surface area contributed by atoms with Crippen LogP contribution in [0.3, 0.4) is 0 Å². The van der Waals surface area contributed by atoms with Crippen LogP contribution in [-0.2, 0) is 11.2 Å². The van der Waals surface area contributed by atoms with Crippen LogP contribution in [0.25, 0.3) is 0 Å². The molecule has 23 heavy (non-hydrogen) atoms. The zero-order chi connectivity index (χ0) is 15.6. The molecule has 1 saturated heterocycles. The van der Waals surface area contributed by atoms with E-state index in [-0.39, 0.29) is 5.92 Å². The summed E-state index contributed by atoms with van der Waals surface area (Å²) >= 11 is 0. The van der Waals surface area contributed by atoms with E-state index in [9.17, 15) is 4.79 Å². The zero-order valence-corrected chi connectivity index (χ0v) is 14.0. The third-order valence-electron chi connectivity index (χ3n) is 5.87. The summed E-state index contributed by atoms with van der Waals surface area (Å²) in [5, 5.41) is 3.70. The van der Waals surface area contributed by atoms with Gasteiger partial charge in [-0.2, -0.15) is 0 Å². The third-order valence-corrected chi connectivity index (χ3v) is 5.87. The molecular weight excluding hydrogens is 284 g/mol. The lowest BCUT2D eigenvalue weighted by Gasteiger charge is -2.36. The van der Waals surface area contributed by atoms with Crippen molar-refractivity contribution >= 4 is 5.91 Å². The molecule has 1 amide bonds. The number of carbonyl (C=O) groups excluding carboxylic acids is 1. The number of likely N-dealkylation sites (tertiary alicyclic amines) is 1. The SMILES string of the molecule is O=C(C1CCCc2ccccc21)N1CCC(NCC2CC2)CC1. The smallest absolute Gasteiger partial charge is 0.230 e. The minimum absolute atomic E-state index is 0.107. The van der Waals surface area contributed by atoms with E-state index in [1.165, 1.54) is 30.5 Å². The second-order valence-electron chi connectivity index (χ2n) is 7.59. The number of carbonyl (C=O) groups is 1. The standard InChI is InChI=1S/C20H28N2O/c23-20(19-7-3-5-16-4-1-2-6-18(16)19)22-12-10-17(11-13-22)21-14-15-8-9-15/h1-2,4,6,15,17,19,21H,3,5,7-14H2. The van der Waals surface area contributed by atoms with Gasteiger partial charge in [0.2, 0.25) is 5.91 Å². The number of aryl methyl sites for hydroxylation is 1. The third kappa shape index (κ3) is 3.45. The highest BCUT2D eigenvalue weighted by Gasteiger charge is 2.32. The topological polar surface area (TPSA) is 32.3 Å². The molecule has 1 aromatic rings. The monoisotopic (exact) mass is 312 g/mol. The fraction of sp³-hybridized carbons (Fsp3) is 0.650. The second kappa shape index (κ2) is 6.64. The number of amides is 1. The highest BCUT2D eigenvalue weighted by atomic mass is 16.2. The Morgan fingerprint density at radius 3 is 2.65 bits per heavy atom. The van der Waals surface area contributed by atoms with Crippen LogP contribution in [0.2, 0.25) is 0 Å². The summed E-state index contributed by atoms with van der Waals surface area (Å²) in [6.45, 7) is 3.05. The fourth-order valence-corrected chi connectivity index (χ4v) is 4.19. The van der Waals surface area contributed by atoms with Crippen molar-refractivity contribution in [1.29, 1.82) is 0 Å². The van der Waals surface area contributed by atoms with Gasteiger partial charge in [-0.25, -0.2) is 0 Å². The first-order valence-electron chi connectivity index (χ1n) is 9.41. The van der Waals surface area contributed by atoms with Crippen LogP contribution in [0.15, 0.2) is 24.3 Å². The molecule has 3 heteroatoms. The summed E-state index contributed by atoms with van der Waals surface area (Å²) in [6, 6.07) is 9.17. The van der Waals surface area contributed by atoms with Crippen molar-refractivity contribution in [3.63, 3.8) is 0 Å². The first-order chi connectivity index (χ1) is 11.3. The molecule has 1 N–H and O–H groups in total. The molecule has 1 unspecified atom stereocenters. The van der Waals surface area contributed by atoms with Crippen LogP contribution in [0.4, 0.5) is 0 Å². The van der Waals surface area contributed by atoms with Crippen LogP contribution in [0, 0.1) is 5.92 Å². The average molecular weight is 312 g/mol. The number of hydrogen-bond acceptors (Lipinski definition) is 2.